The summed E-state index contributed by atoms with van der Waals surface area (Å²) in [6, 6.07) is 5.90. The van der Waals surface area contributed by atoms with E-state index in [9.17, 15) is 4.79 Å². The lowest BCUT2D eigenvalue weighted by Crippen LogP contribution is -2.40. The molecule has 0 fully saturated rings. The number of amides is 1. The molecule has 1 aromatic carbocycles. The minimum atomic E-state index is 0.0495. The van der Waals surface area contributed by atoms with Crippen LogP contribution in [0.1, 0.15) is 40.5 Å². The van der Waals surface area contributed by atoms with Crippen LogP contribution in [-0.2, 0) is 13.0 Å². The second-order valence-electron chi connectivity index (χ2n) is 5.99. The molecule has 0 radical (unpaired) electrons. The van der Waals surface area contributed by atoms with Gasteiger partial charge >= 0.3 is 0 Å². The lowest BCUT2D eigenvalue weighted by atomic mass is 10.1. The molecule has 3 heterocycles. The maximum Gasteiger partial charge on any atom is 0.254 e. The van der Waals surface area contributed by atoms with Crippen LogP contribution >= 0.6 is 0 Å². The molecule has 0 saturated carbocycles. The summed E-state index contributed by atoms with van der Waals surface area (Å²) >= 11 is 0. The van der Waals surface area contributed by atoms with E-state index in [1.807, 2.05) is 30.0 Å². The molecular formula is C16H18N4O2. The fourth-order valence-electron chi connectivity index (χ4n) is 3.39. The van der Waals surface area contributed by atoms with Crippen molar-refractivity contribution in [3.8, 4) is 5.75 Å². The molecule has 6 nitrogen and oxygen atoms in total. The summed E-state index contributed by atoms with van der Waals surface area (Å²) in [6.07, 6.45) is 0.875. The Labute approximate surface area is 128 Å². The van der Waals surface area contributed by atoms with E-state index in [2.05, 4.69) is 21.7 Å². The Kier molecular flexibility index (Phi) is 2.92. The first-order valence-electron chi connectivity index (χ1n) is 7.59. The van der Waals surface area contributed by atoms with Crippen molar-refractivity contribution in [2.24, 2.45) is 0 Å². The third-order valence-electron chi connectivity index (χ3n) is 4.42. The fourth-order valence-corrected chi connectivity index (χ4v) is 3.39. The molecule has 0 saturated heterocycles. The molecule has 0 aliphatic carbocycles. The van der Waals surface area contributed by atoms with E-state index in [0.29, 0.717) is 19.7 Å². The van der Waals surface area contributed by atoms with Crippen LogP contribution < -0.4 is 4.74 Å². The first-order chi connectivity index (χ1) is 10.6. The zero-order valence-corrected chi connectivity index (χ0v) is 12.7. The number of carbonyl (C=O) groups is 1. The number of aromatic nitrogens is 3. The summed E-state index contributed by atoms with van der Waals surface area (Å²) < 4.78 is 7.61. The van der Waals surface area contributed by atoms with Crippen LogP contribution in [0, 0.1) is 6.92 Å². The van der Waals surface area contributed by atoms with Crippen LogP contribution in [0.4, 0.5) is 0 Å². The number of rotatable bonds is 1. The van der Waals surface area contributed by atoms with Crippen molar-refractivity contribution in [1.82, 2.24) is 19.7 Å². The van der Waals surface area contributed by atoms with Gasteiger partial charge in [-0.3, -0.25) is 4.79 Å². The van der Waals surface area contributed by atoms with Crippen LogP contribution in [0.2, 0.25) is 0 Å². The normalized spacial score (nSPS) is 19.5. The van der Waals surface area contributed by atoms with Gasteiger partial charge < -0.3 is 14.2 Å². The molecule has 22 heavy (non-hydrogen) atoms. The van der Waals surface area contributed by atoms with E-state index in [0.717, 1.165) is 34.9 Å². The fraction of sp³-hybridized carbons (Fsp3) is 0.438. The second-order valence-corrected chi connectivity index (χ2v) is 5.99. The minimum Gasteiger partial charge on any atom is -0.493 e. The van der Waals surface area contributed by atoms with Gasteiger partial charge in [0.05, 0.1) is 19.2 Å². The van der Waals surface area contributed by atoms with Crippen LogP contribution in [-0.4, -0.2) is 38.7 Å². The largest absolute Gasteiger partial charge is 0.493 e. The molecule has 0 N–H and O–H groups in total. The van der Waals surface area contributed by atoms with E-state index in [4.69, 9.17) is 4.74 Å². The maximum absolute atomic E-state index is 12.8. The first-order valence-corrected chi connectivity index (χ1v) is 7.59. The van der Waals surface area contributed by atoms with E-state index >= 15 is 0 Å². The van der Waals surface area contributed by atoms with Gasteiger partial charge in [0.1, 0.15) is 11.6 Å². The smallest absolute Gasteiger partial charge is 0.254 e. The summed E-state index contributed by atoms with van der Waals surface area (Å²) in [4.78, 5) is 14.6. The van der Waals surface area contributed by atoms with Crippen LogP contribution in [0.5, 0.6) is 5.75 Å². The van der Waals surface area contributed by atoms with Crippen LogP contribution in [0.25, 0.3) is 0 Å². The number of hydrogen-bond donors (Lipinski definition) is 0. The number of aryl methyl sites for hydroxylation is 1. The quantitative estimate of drug-likeness (QED) is 0.804. The number of ether oxygens (including phenoxy) is 1. The summed E-state index contributed by atoms with van der Waals surface area (Å²) in [7, 11) is 0. The highest BCUT2D eigenvalue weighted by Gasteiger charge is 2.29. The molecule has 6 heteroatoms. The summed E-state index contributed by atoms with van der Waals surface area (Å²) in [5.41, 5.74) is 1.84. The third-order valence-corrected chi connectivity index (χ3v) is 4.42. The van der Waals surface area contributed by atoms with E-state index in [-0.39, 0.29) is 11.9 Å². The standard InChI is InChI=1S/C16H18N4O2/c1-10-8-19(9-15-18-17-11(2)20(10)15)16(21)13-3-4-14-12(7-13)5-6-22-14/h3-4,7,10H,5-6,8-9H2,1-2H3. The van der Waals surface area contributed by atoms with Gasteiger partial charge in [-0.1, -0.05) is 0 Å². The Morgan fingerprint density at radius 1 is 1.36 bits per heavy atom. The van der Waals surface area contributed by atoms with Crippen LogP contribution in [0.15, 0.2) is 18.2 Å². The lowest BCUT2D eigenvalue weighted by Gasteiger charge is -2.32. The van der Waals surface area contributed by atoms with E-state index < -0.39 is 0 Å². The van der Waals surface area contributed by atoms with Crippen molar-refractivity contribution in [3.05, 3.63) is 41.0 Å². The number of hydrogen-bond acceptors (Lipinski definition) is 4. The van der Waals surface area contributed by atoms with Gasteiger partial charge in [-0.25, -0.2) is 0 Å². The molecule has 1 atom stereocenters. The maximum atomic E-state index is 12.8. The molecule has 2 aliphatic rings. The Balaban J connectivity index is 1.61. The summed E-state index contributed by atoms with van der Waals surface area (Å²) in [5.74, 6) is 2.71. The number of benzene rings is 1. The lowest BCUT2D eigenvalue weighted by molar-refractivity contribution is 0.0680. The number of nitrogens with zero attached hydrogens (tertiary/aromatic N) is 4. The average molecular weight is 298 g/mol. The molecule has 1 unspecified atom stereocenters. The van der Waals surface area contributed by atoms with Crippen molar-refractivity contribution >= 4 is 5.91 Å². The van der Waals surface area contributed by atoms with Gasteiger partial charge in [-0.15, -0.1) is 10.2 Å². The molecule has 2 aliphatic heterocycles. The number of carbonyl (C=O) groups excluding carboxylic acids is 1. The van der Waals surface area contributed by atoms with Gasteiger partial charge in [0.25, 0.3) is 5.91 Å². The SMILES string of the molecule is Cc1nnc2n1C(C)CN(C(=O)c1ccc3c(c1)CCO3)C2. The van der Waals surface area contributed by atoms with Crippen LogP contribution in [0.3, 0.4) is 0 Å². The molecule has 1 aromatic heterocycles. The van der Waals surface area contributed by atoms with Crippen molar-refractivity contribution < 1.29 is 9.53 Å². The van der Waals surface area contributed by atoms with Gasteiger partial charge in [0, 0.05) is 18.5 Å². The third kappa shape index (κ3) is 1.98. The average Bonchev–Trinajstić information content (AvgIpc) is 3.12. The molecule has 1 amide bonds. The molecular weight excluding hydrogens is 280 g/mol. The highest BCUT2D eigenvalue weighted by molar-refractivity contribution is 5.94. The van der Waals surface area contributed by atoms with E-state index in [1.165, 1.54) is 0 Å². The van der Waals surface area contributed by atoms with Gasteiger partial charge in [0.2, 0.25) is 0 Å². The molecule has 2 aromatic rings. The molecule has 4 rings (SSSR count). The highest BCUT2D eigenvalue weighted by Crippen LogP contribution is 2.28. The second kappa shape index (κ2) is 4.83. The Morgan fingerprint density at radius 2 is 2.23 bits per heavy atom. The monoisotopic (exact) mass is 298 g/mol. The number of fused-ring (bicyclic) bond motifs is 2. The van der Waals surface area contributed by atoms with Crippen molar-refractivity contribution in [3.63, 3.8) is 0 Å². The zero-order valence-electron chi connectivity index (χ0n) is 12.7. The Bertz CT molecular complexity index is 753. The van der Waals surface area contributed by atoms with Gasteiger partial charge in [0.15, 0.2) is 5.82 Å². The highest BCUT2D eigenvalue weighted by atomic mass is 16.5. The van der Waals surface area contributed by atoms with Gasteiger partial charge in [-0.05, 0) is 37.6 Å². The Hall–Kier alpha value is -2.37. The predicted octanol–water partition coefficient (Wildman–Crippen LogP) is 1.74. The molecule has 0 spiro atoms. The Morgan fingerprint density at radius 3 is 3.09 bits per heavy atom. The topological polar surface area (TPSA) is 60.2 Å². The van der Waals surface area contributed by atoms with Crippen molar-refractivity contribution in [2.45, 2.75) is 32.9 Å². The zero-order chi connectivity index (χ0) is 15.3. The summed E-state index contributed by atoms with van der Waals surface area (Å²) in [6.45, 7) is 5.94. The van der Waals surface area contributed by atoms with E-state index in [1.54, 1.807) is 0 Å². The summed E-state index contributed by atoms with van der Waals surface area (Å²) in [5, 5.41) is 8.31. The van der Waals surface area contributed by atoms with Crippen molar-refractivity contribution in [1.29, 1.82) is 0 Å². The molecule has 114 valence electrons. The molecule has 0 bridgehead atoms. The van der Waals surface area contributed by atoms with Crippen molar-refractivity contribution in [2.75, 3.05) is 13.2 Å². The minimum absolute atomic E-state index is 0.0495. The first kappa shape index (κ1) is 13.3. The van der Waals surface area contributed by atoms with Gasteiger partial charge in [-0.2, -0.15) is 0 Å². The predicted molar refractivity (Wildman–Crippen MR) is 79.9 cm³/mol.